The van der Waals surface area contributed by atoms with E-state index in [2.05, 4.69) is 23.6 Å². The normalized spacial score (nSPS) is 17.7. The van der Waals surface area contributed by atoms with Gasteiger partial charge in [-0.15, -0.1) is 11.3 Å². The zero-order valence-electron chi connectivity index (χ0n) is 16.9. The molecule has 0 N–H and O–H groups in total. The van der Waals surface area contributed by atoms with Crippen LogP contribution in [0.4, 0.5) is 10.2 Å². The predicted molar refractivity (Wildman–Crippen MR) is 114 cm³/mol. The summed E-state index contributed by atoms with van der Waals surface area (Å²) in [6, 6.07) is 5.14. The van der Waals surface area contributed by atoms with Crippen molar-refractivity contribution in [2.24, 2.45) is 0 Å². The van der Waals surface area contributed by atoms with Gasteiger partial charge in [-0.3, -0.25) is 4.90 Å². The number of aromatic nitrogens is 2. The van der Waals surface area contributed by atoms with Crippen LogP contribution in [0, 0.1) is 19.7 Å². The highest BCUT2D eigenvalue weighted by Crippen LogP contribution is 2.37. The molecule has 0 atom stereocenters. The minimum Gasteiger partial charge on any atom is -0.379 e. The lowest BCUT2D eigenvalue weighted by molar-refractivity contribution is 0.0331. The summed E-state index contributed by atoms with van der Waals surface area (Å²) in [6.45, 7) is 10.0. The maximum absolute atomic E-state index is 13.6. The van der Waals surface area contributed by atoms with Gasteiger partial charge in [-0.25, -0.2) is 14.4 Å². The van der Waals surface area contributed by atoms with Crippen molar-refractivity contribution in [2.75, 3.05) is 37.7 Å². The quantitative estimate of drug-likeness (QED) is 0.654. The standard InChI is InChI=1S/C22H25FN4OS/c1-14-15(2)29-22-20(14)21(24-19(25-22)13-26-7-9-28-10-8-26)27-6-5-16-11-18(23)4-3-17(16)12-27/h3-4,11H,5-10,12-13H2,1-2H3. The molecular formula is C22H25FN4OS. The zero-order chi connectivity index (χ0) is 20.0. The monoisotopic (exact) mass is 412 g/mol. The SMILES string of the molecule is Cc1sc2nc(CN3CCOCC3)nc(N3CCc4cc(F)ccc4C3)c2c1C. The third-order valence-electron chi connectivity index (χ3n) is 6.00. The molecule has 1 saturated heterocycles. The Morgan fingerprint density at radius 3 is 2.76 bits per heavy atom. The highest BCUT2D eigenvalue weighted by molar-refractivity contribution is 7.18. The average Bonchev–Trinajstić information content (AvgIpc) is 3.01. The lowest BCUT2D eigenvalue weighted by Gasteiger charge is -2.31. The molecule has 1 fully saturated rings. The second-order valence-electron chi connectivity index (χ2n) is 7.90. The van der Waals surface area contributed by atoms with E-state index >= 15 is 0 Å². The van der Waals surface area contributed by atoms with Gasteiger partial charge < -0.3 is 9.64 Å². The van der Waals surface area contributed by atoms with Crippen molar-refractivity contribution in [3.8, 4) is 0 Å². The molecule has 5 nitrogen and oxygen atoms in total. The van der Waals surface area contributed by atoms with Crippen LogP contribution in [0.2, 0.25) is 0 Å². The largest absolute Gasteiger partial charge is 0.379 e. The molecule has 0 saturated carbocycles. The van der Waals surface area contributed by atoms with Crippen molar-refractivity contribution in [1.29, 1.82) is 0 Å². The Morgan fingerprint density at radius 2 is 1.93 bits per heavy atom. The molecule has 29 heavy (non-hydrogen) atoms. The molecule has 0 unspecified atom stereocenters. The molecule has 0 spiro atoms. The van der Waals surface area contributed by atoms with Crippen molar-refractivity contribution in [3.05, 3.63) is 51.4 Å². The topological polar surface area (TPSA) is 41.5 Å². The molecule has 2 aliphatic rings. The number of aryl methyl sites for hydroxylation is 2. The minimum atomic E-state index is -0.154. The van der Waals surface area contributed by atoms with Crippen LogP contribution in [0.3, 0.4) is 0 Å². The van der Waals surface area contributed by atoms with Gasteiger partial charge in [0, 0.05) is 31.1 Å². The number of hydrogen-bond donors (Lipinski definition) is 0. The molecule has 4 heterocycles. The first-order chi connectivity index (χ1) is 14.1. The Kier molecular flexibility index (Phi) is 4.97. The number of halogens is 1. The molecule has 0 amide bonds. The van der Waals surface area contributed by atoms with E-state index in [9.17, 15) is 4.39 Å². The van der Waals surface area contributed by atoms with Crippen LogP contribution in [-0.4, -0.2) is 47.7 Å². The Hall–Kier alpha value is -2.09. The van der Waals surface area contributed by atoms with Gasteiger partial charge in [-0.1, -0.05) is 6.07 Å². The van der Waals surface area contributed by atoms with Crippen LogP contribution in [0.1, 0.15) is 27.4 Å². The van der Waals surface area contributed by atoms with Gasteiger partial charge >= 0.3 is 0 Å². The van der Waals surface area contributed by atoms with Crippen molar-refractivity contribution in [2.45, 2.75) is 33.4 Å². The summed E-state index contributed by atoms with van der Waals surface area (Å²) in [5.74, 6) is 1.74. The molecule has 2 aliphatic heterocycles. The van der Waals surface area contributed by atoms with Gasteiger partial charge in [0.2, 0.25) is 0 Å². The second-order valence-corrected chi connectivity index (χ2v) is 9.10. The lowest BCUT2D eigenvalue weighted by atomic mass is 9.99. The molecule has 152 valence electrons. The fraction of sp³-hybridized carbons (Fsp3) is 0.455. The van der Waals surface area contributed by atoms with Crippen molar-refractivity contribution in [3.63, 3.8) is 0 Å². The number of nitrogens with zero attached hydrogens (tertiary/aromatic N) is 4. The van der Waals surface area contributed by atoms with Gasteiger partial charge in [0.15, 0.2) is 0 Å². The first-order valence-corrected chi connectivity index (χ1v) is 11.0. The number of ether oxygens (including phenoxy) is 1. The van der Waals surface area contributed by atoms with E-state index in [0.29, 0.717) is 0 Å². The van der Waals surface area contributed by atoms with Gasteiger partial charge in [-0.2, -0.15) is 0 Å². The summed E-state index contributed by atoms with van der Waals surface area (Å²) in [6.07, 6.45) is 0.833. The summed E-state index contributed by atoms with van der Waals surface area (Å²) < 4.78 is 19.1. The fourth-order valence-corrected chi connectivity index (χ4v) is 5.28. The van der Waals surface area contributed by atoms with Crippen molar-refractivity contribution in [1.82, 2.24) is 14.9 Å². The third kappa shape index (κ3) is 3.63. The van der Waals surface area contributed by atoms with Crippen molar-refractivity contribution < 1.29 is 9.13 Å². The number of morpholine rings is 1. The Balaban J connectivity index is 1.53. The van der Waals surface area contributed by atoms with Crippen molar-refractivity contribution >= 4 is 27.4 Å². The summed E-state index contributed by atoms with van der Waals surface area (Å²) in [5, 5.41) is 1.17. The van der Waals surface area contributed by atoms with E-state index < -0.39 is 0 Å². The van der Waals surface area contributed by atoms with Gasteiger partial charge in [0.25, 0.3) is 0 Å². The molecular weight excluding hydrogens is 387 g/mol. The number of benzene rings is 1. The first-order valence-electron chi connectivity index (χ1n) is 10.2. The van der Waals surface area contributed by atoms with E-state index in [1.165, 1.54) is 21.4 Å². The molecule has 2 aromatic heterocycles. The summed E-state index contributed by atoms with van der Waals surface area (Å²) >= 11 is 1.75. The number of thiophene rings is 1. The number of fused-ring (bicyclic) bond motifs is 2. The maximum Gasteiger partial charge on any atom is 0.146 e. The molecule has 3 aromatic rings. The average molecular weight is 413 g/mol. The van der Waals surface area contributed by atoms with Crippen LogP contribution >= 0.6 is 11.3 Å². The first kappa shape index (κ1) is 18.9. The smallest absolute Gasteiger partial charge is 0.146 e. The number of anilines is 1. The molecule has 0 radical (unpaired) electrons. The summed E-state index contributed by atoms with van der Waals surface area (Å²) in [7, 11) is 0. The van der Waals surface area contributed by atoms with E-state index in [0.717, 1.165) is 74.4 Å². The van der Waals surface area contributed by atoms with E-state index in [4.69, 9.17) is 14.7 Å². The van der Waals surface area contributed by atoms with Crippen LogP contribution in [0.25, 0.3) is 10.2 Å². The van der Waals surface area contributed by atoms with Crippen LogP contribution in [0.5, 0.6) is 0 Å². The molecule has 0 bridgehead atoms. The predicted octanol–water partition coefficient (Wildman–Crippen LogP) is 3.84. The molecule has 1 aromatic carbocycles. The summed E-state index contributed by atoms with van der Waals surface area (Å²) in [4.78, 5) is 17.0. The van der Waals surface area contributed by atoms with E-state index in [1.54, 1.807) is 23.5 Å². The zero-order valence-corrected chi connectivity index (χ0v) is 17.7. The minimum absolute atomic E-state index is 0.154. The van der Waals surface area contributed by atoms with Gasteiger partial charge in [-0.05, 0) is 49.1 Å². The fourth-order valence-electron chi connectivity index (χ4n) is 4.23. The highest BCUT2D eigenvalue weighted by Gasteiger charge is 2.24. The molecule has 7 heteroatoms. The maximum atomic E-state index is 13.6. The van der Waals surface area contributed by atoms with Crippen LogP contribution in [-0.2, 0) is 24.2 Å². The molecule has 0 aliphatic carbocycles. The number of rotatable bonds is 3. The van der Waals surface area contributed by atoms with Crippen LogP contribution in [0.15, 0.2) is 18.2 Å². The second kappa shape index (κ2) is 7.63. The van der Waals surface area contributed by atoms with E-state index in [1.807, 2.05) is 6.07 Å². The molecule has 5 rings (SSSR count). The van der Waals surface area contributed by atoms with E-state index in [-0.39, 0.29) is 5.82 Å². The number of hydrogen-bond acceptors (Lipinski definition) is 6. The third-order valence-corrected chi connectivity index (χ3v) is 7.11. The van der Waals surface area contributed by atoms with Crippen LogP contribution < -0.4 is 4.90 Å². The Morgan fingerprint density at radius 1 is 1.10 bits per heavy atom. The Bertz CT molecular complexity index is 1060. The van der Waals surface area contributed by atoms with Gasteiger partial charge in [0.1, 0.15) is 22.3 Å². The highest BCUT2D eigenvalue weighted by atomic mass is 32.1. The lowest BCUT2D eigenvalue weighted by Crippen LogP contribution is -2.36. The summed E-state index contributed by atoms with van der Waals surface area (Å²) in [5.41, 5.74) is 3.56. The Labute approximate surface area is 174 Å². The van der Waals surface area contributed by atoms with Gasteiger partial charge in [0.05, 0.1) is 25.1 Å².